The number of aromatic nitrogens is 1. The van der Waals surface area contributed by atoms with Crippen molar-refractivity contribution < 1.29 is 24.2 Å². The summed E-state index contributed by atoms with van der Waals surface area (Å²) in [7, 11) is 0. The summed E-state index contributed by atoms with van der Waals surface area (Å²) in [6.45, 7) is 5.18. The van der Waals surface area contributed by atoms with Gasteiger partial charge >= 0.3 is 6.09 Å². The van der Waals surface area contributed by atoms with Gasteiger partial charge in [-0.3, -0.25) is 9.59 Å². The second kappa shape index (κ2) is 8.89. The number of benzene rings is 2. The molecule has 0 unspecified atom stereocenters. The fourth-order valence-corrected chi connectivity index (χ4v) is 3.62. The Morgan fingerprint density at radius 2 is 1.91 bits per heavy atom. The minimum absolute atomic E-state index is 0.0932. The fraction of sp³-hybridized carbons (Fsp3) is 0.250. The van der Waals surface area contributed by atoms with Crippen molar-refractivity contribution in [1.29, 1.82) is 0 Å². The minimum atomic E-state index is -0.981. The second-order valence-electron chi connectivity index (χ2n) is 8.95. The number of hydrogen-bond acceptors (Lipinski definition) is 6. The van der Waals surface area contributed by atoms with Crippen molar-refractivity contribution in [2.75, 3.05) is 5.32 Å². The molecule has 10 nitrogen and oxygen atoms in total. The van der Waals surface area contributed by atoms with Gasteiger partial charge in [0, 0.05) is 34.8 Å². The lowest BCUT2D eigenvalue weighted by atomic mass is 10.0. The molecule has 1 aliphatic heterocycles. The number of amides is 3. The Bertz CT molecular complexity index is 1290. The standard InChI is InChI=1S/C24H25N5O5/c1-24(2,3)34-23(33)28-19(8-13-4-6-16(30)7-5-13)22(32)27-15-9-17-20-14(11-25-18(20)10-15)12-26-29-21(17)31/h4-7,9-12,19,25,30H,8H2,1-3H3,(H,27,32)(H,28,33)(H,29,31)/t19-/m1/s1. The van der Waals surface area contributed by atoms with Crippen LogP contribution in [-0.2, 0) is 16.0 Å². The smallest absolute Gasteiger partial charge is 0.408 e. The van der Waals surface area contributed by atoms with E-state index in [0.717, 1.165) is 11.1 Å². The number of phenols is 1. The molecule has 0 fully saturated rings. The fourth-order valence-electron chi connectivity index (χ4n) is 3.62. The first kappa shape index (κ1) is 22.8. The van der Waals surface area contributed by atoms with Crippen molar-refractivity contribution >= 4 is 40.7 Å². The number of carbonyl (C=O) groups excluding carboxylic acids is 3. The third-order valence-electron chi connectivity index (χ3n) is 5.08. The molecule has 1 aromatic heterocycles. The molecular formula is C24H25N5O5. The quantitative estimate of drug-likeness (QED) is 0.395. The first-order chi connectivity index (χ1) is 16.1. The summed E-state index contributed by atoms with van der Waals surface area (Å²) in [5, 5.41) is 19.5. The van der Waals surface area contributed by atoms with E-state index >= 15 is 0 Å². The van der Waals surface area contributed by atoms with Crippen molar-refractivity contribution in [3.8, 4) is 5.75 Å². The molecule has 10 heteroatoms. The van der Waals surface area contributed by atoms with Crippen LogP contribution in [0.2, 0.25) is 0 Å². The average Bonchev–Trinajstić information content (AvgIpc) is 3.08. The highest BCUT2D eigenvalue weighted by atomic mass is 16.6. The number of rotatable bonds is 5. The summed E-state index contributed by atoms with van der Waals surface area (Å²) in [6.07, 6.45) is 2.69. The molecule has 0 radical (unpaired) electrons. The predicted octanol–water partition coefficient (Wildman–Crippen LogP) is 3.03. The van der Waals surface area contributed by atoms with Gasteiger partial charge in [-0.05, 0) is 50.6 Å². The number of aromatic hydroxyl groups is 1. The van der Waals surface area contributed by atoms with Crippen molar-refractivity contribution in [1.82, 2.24) is 15.7 Å². The van der Waals surface area contributed by atoms with Crippen LogP contribution in [0.15, 0.2) is 47.7 Å². The molecule has 0 bridgehead atoms. The number of ether oxygens (including phenoxy) is 1. The average molecular weight is 463 g/mol. The van der Waals surface area contributed by atoms with Gasteiger partial charge in [-0.2, -0.15) is 5.10 Å². The molecule has 34 heavy (non-hydrogen) atoms. The number of anilines is 1. The van der Waals surface area contributed by atoms with Gasteiger partial charge in [0.15, 0.2) is 0 Å². The number of alkyl carbamates (subject to hydrolysis) is 1. The van der Waals surface area contributed by atoms with Gasteiger partial charge in [-0.1, -0.05) is 12.1 Å². The predicted molar refractivity (Wildman–Crippen MR) is 127 cm³/mol. The molecule has 4 rings (SSSR count). The molecule has 3 aromatic rings. The molecule has 0 saturated heterocycles. The van der Waals surface area contributed by atoms with Crippen LogP contribution in [0.5, 0.6) is 5.75 Å². The Morgan fingerprint density at radius 3 is 2.62 bits per heavy atom. The van der Waals surface area contributed by atoms with Crippen LogP contribution in [0.4, 0.5) is 10.5 Å². The monoisotopic (exact) mass is 463 g/mol. The first-order valence-corrected chi connectivity index (χ1v) is 10.7. The lowest BCUT2D eigenvalue weighted by molar-refractivity contribution is -0.118. The normalized spacial score (nSPS) is 13.7. The van der Waals surface area contributed by atoms with E-state index in [2.05, 4.69) is 26.1 Å². The number of hydrogen-bond donors (Lipinski definition) is 5. The molecule has 2 heterocycles. The number of phenolic OH excluding ortho intramolecular Hbond substituents is 1. The van der Waals surface area contributed by atoms with E-state index in [1.54, 1.807) is 57.4 Å². The zero-order chi connectivity index (χ0) is 24.5. The third-order valence-corrected chi connectivity index (χ3v) is 5.08. The van der Waals surface area contributed by atoms with E-state index in [1.807, 2.05) is 0 Å². The molecular weight excluding hydrogens is 438 g/mol. The minimum Gasteiger partial charge on any atom is -0.508 e. The highest BCUT2D eigenvalue weighted by molar-refractivity contribution is 6.15. The van der Waals surface area contributed by atoms with Crippen LogP contribution in [0.1, 0.15) is 42.3 Å². The molecule has 176 valence electrons. The number of carbonyl (C=O) groups is 3. The van der Waals surface area contributed by atoms with Crippen molar-refractivity contribution in [3.05, 3.63) is 59.3 Å². The maximum Gasteiger partial charge on any atom is 0.408 e. The Kier molecular flexibility index (Phi) is 5.97. The van der Waals surface area contributed by atoms with E-state index in [1.165, 1.54) is 12.1 Å². The zero-order valence-corrected chi connectivity index (χ0v) is 18.9. The van der Waals surface area contributed by atoms with Crippen LogP contribution in [0, 0.1) is 0 Å². The highest BCUT2D eigenvalue weighted by Crippen LogP contribution is 2.27. The lowest BCUT2D eigenvalue weighted by Crippen LogP contribution is -2.47. The Balaban J connectivity index is 1.60. The number of nitrogens with one attached hydrogen (secondary N) is 4. The molecule has 5 N–H and O–H groups in total. The molecule has 3 amide bonds. The van der Waals surface area contributed by atoms with Crippen molar-refractivity contribution in [2.45, 2.75) is 38.8 Å². The van der Waals surface area contributed by atoms with Gasteiger partial charge in [-0.25, -0.2) is 10.2 Å². The summed E-state index contributed by atoms with van der Waals surface area (Å²) in [4.78, 5) is 41.2. The van der Waals surface area contributed by atoms with Gasteiger partial charge < -0.3 is 25.5 Å². The Labute approximate surface area is 195 Å². The summed E-state index contributed by atoms with van der Waals surface area (Å²) < 4.78 is 5.32. The van der Waals surface area contributed by atoms with E-state index in [-0.39, 0.29) is 12.2 Å². The van der Waals surface area contributed by atoms with E-state index in [0.29, 0.717) is 22.2 Å². The molecule has 0 aliphatic carbocycles. The largest absolute Gasteiger partial charge is 0.508 e. The molecule has 1 aliphatic rings. The molecule has 1 atom stereocenters. The SMILES string of the molecule is CC(C)(C)OC(=O)N[C@H](Cc1ccc(O)cc1)C(=O)Nc1cc2c3c(c[nH]c3c1)C=NNC2=O. The highest BCUT2D eigenvalue weighted by Gasteiger charge is 2.26. The summed E-state index contributed by atoms with van der Waals surface area (Å²) in [5.41, 5.74) is 4.56. The van der Waals surface area contributed by atoms with Crippen molar-refractivity contribution in [3.63, 3.8) is 0 Å². The van der Waals surface area contributed by atoms with Gasteiger partial charge in [0.2, 0.25) is 5.91 Å². The van der Waals surface area contributed by atoms with E-state index < -0.39 is 29.6 Å². The Hall–Kier alpha value is -4.34. The molecule has 2 aromatic carbocycles. The third kappa shape index (κ3) is 5.17. The van der Waals surface area contributed by atoms with Crippen LogP contribution in [0.3, 0.4) is 0 Å². The van der Waals surface area contributed by atoms with E-state index in [4.69, 9.17) is 4.74 Å². The maximum atomic E-state index is 13.2. The van der Waals surface area contributed by atoms with Crippen LogP contribution in [0.25, 0.3) is 10.9 Å². The van der Waals surface area contributed by atoms with Crippen LogP contribution in [-0.4, -0.2) is 45.9 Å². The summed E-state index contributed by atoms with van der Waals surface area (Å²) >= 11 is 0. The summed E-state index contributed by atoms with van der Waals surface area (Å²) in [5.74, 6) is -0.804. The van der Waals surface area contributed by atoms with E-state index in [9.17, 15) is 19.5 Å². The second-order valence-corrected chi connectivity index (χ2v) is 8.95. The van der Waals surface area contributed by atoms with Gasteiger partial charge in [-0.15, -0.1) is 0 Å². The number of aromatic amines is 1. The number of hydrazone groups is 1. The Morgan fingerprint density at radius 1 is 1.18 bits per heavy atom. The van der Waals surface area contributed by atoms with Gasteiger partial charge in [0.05, 0.1) is 11.8 Å². The summed E-state index contributed by atoms with van der Waals surface area (Å²) in [6, 6.07) is 8.62. The number of nitrogens with zero attached hydrogens (tertiary/aromatic N) is 1. The van der Waals surface area contributed by atoms with Gasteiger partial charge in [0.25, 0.3) is 5.91 Å². The lowest BCUT2D eigenvalue weighted by Gasteiger charge is -2.23. The first-order valence-electron chi connectivity index (χ1n) is 10.7. The van der Waals surface area contributed by atoms with Gasteiger partial charge in [0.1, 0.15) is 17.4 Å². The zero-order valence-electron chi connectivity index (χ0n) is 18.9. The van der Waals surface area contributed by atoms with Crippen LogP contribution < -0.4 is 16.1 Å². The van der Waals surface area contributed by atoms with Crippen molar-refractivity contribution in [2.24, 2.45) is 5.10 Å². The molecule has 0 saturated carbocycles. The topological polar surface area (TPSA) is 145 Å². The molecule has 0 spiro atoms. The number of H-pyrrole nitrogens is 1. The maximum absolute atomic E-state index is 13.2. The van der Waals surface area contributed by atoms with Crippen LogP contribution >= 0.6 is 0 Å².